The summed E-state index contributed by atoms with van der Waals surface area (Å²) in [5.74, 6) is 0. The fraction of sp³-hybridized carbons (Fsp3) is 0.391. The zero-order valence-corrected chi connectivity index (χ0v) is 20.9. The van der Waals surface area contributed by atoms with Crippen molar-refractivity contribution in [3.8, 4) is 0 Å². The lowest BCUT2D eigenvalue weighted by atomic mass is 9.91. The SMILES string of the molecule is C=CCN(C1CCCCC1NS(=O)(=O)c1ccccc1C(F)(F)F)S(=O)(=O)c1ccccc1C(F)(F)F. The van der Waals surface area contributed by atoms with E-state index in [0.717, 1.165) is 46.8 Å². The number of hydrogen-bond acceptors (Lipinski definition) is 4. The van der Waals surface area contributed by atoms with Crippen molar-refractivity contribution in [2.75, 3.05) is 6.54 Å². The zero-order chi connectivity index (χ0) is 27.6. The number of hydrogen-bond donors (Lipinski definition) is 1. The molecule has 0 bridgehead atoms. The van der Waals surface area contributed by atoms with Gasteiger partial charge in [0, 0.05) is 18.6 Å². The lowest BCUT2D eigenvalue weighted by Gasteiger charge is -2.39. The molecule has 2 unspecified atom stereocenters. The molecule has 0 spiro atoms. The van der Waals surface area contributed by atoms with E-state index < -0.39 is 71.9 Å². The molecule has 37 heavy (non-hydrogen) atoms. The summed E-state index contributed by atoms with van der Waals surface area (Å²) in [6, 6.07) is 4.74. The topological polar surface area (TPSA) is 83.6 Å². The molecule has 14 heteroatoms. The summed E-state index contributed by atoms with van der Waals surface area (Å²) in [6.07, 6.45) is -7.85. The van der Waals surface area contributed by atoms with Gasteiger partial charge in [-0.15, -0.1) is 6.58 Å². The Morgan fingerprint density at radius 2 is 1.32 bits per heavy atom. The van der Waals surface area contributed by atoms with Crippen molar-refractivity contribution in [2.24, 2.45) is 0 Å². The fourth-order valence-corrected chi connectivity index (χ4v) is 7.79. The number of halogens is 6. The standard InChI is InChI=1S/C23H24F6N2O4S2/c1-2-15-31(37(34,35)21-14-8-4-10-17(21)23(27,28)29)19-12-6-5-11-18(19)30-36(32,33)20-13-7-3-9-16(20)22(24,25)26/h2-4,7-10,13-14,18-19,30H,1,5-6,11-12,15H2. The molecule has 1 aliphatic rings. The minimum atomic E-state index is -4.99. The molecule has 3 rings (SSSR count). The minimum absolute atomic E-state index is 0.0577. The van der Waals surface area contributed by atoms with Gasteiger partial charge in [-0.1, -0.05) is 43.2 Å². The zero-order valence-electron chi connectivity index (χ0n) is 19.3. The summed E-state index contributed by atoms with van der Waals surface area (Å²) >= 11 is 0. The van der Waals surface area contributed by atoms with Crippen molar-refractivity contribution in [3.63, 3.8) is 0 Å². The smallest absolute Gasteiger partial charge is 0.207 e. The molecular formula is C23H24F6N2O4S2. The molecule has 0 aromatic heterocycles. The number of rotatable bonds is 8. The Morgan fingerprint density at radius 3 is 1.86 bits per heavy atom. The third kappa shape index (κ3) is 6.36. The summed E-state index contributed by atoms with van der Waals surface area (Å²) in [4.78, 5) is -2.05. The molecule has 1 N–H and O–H groups in total. The van der Waals surface area contributed by atoms with E-state index >= 15 is 0 Å². The van der Waals surface area contributed by atoms with Crippen LogP contribution in [0.3, 0.4) is 0 Å². The van der Waals surface area contributed by atoms with Gasteiger partial charge >= 0.3 is 12.4 Å². The molecule has 2 aromatic carbocycles. The van der Waals surface area contributed by atoms with Gasteiger partial charge in [0.25, 0.3) is 0 Å². The second-order valence-electron chi connectivity index (χ2n) is 8.43. The molecule has 1 fully saturated rings. The maximum Gasteiger partial charge on any atom is 0.417 e. The van der Waals surface area contributed by atoms with E-state index in [1.807, 2.05) is 0 Å². The van der Waals surface area contributed by atoms with Crippen LogP contribution in [0.2, 0.25) is 0 Å². The normalized spacial score (nSPS) is 19.6. The van der Waals surface area contributed by atoms with E-state index in [4.69, 9.17) is 0 Å². The van der Waals surface area contributed by atoms with E-state index in [1.165, 1.54) is 0 Å². The van der Waals surface area contributed by atoms with Gasteiger partial charge < -0.3 is 0 Å². The Morgan fingerprint density at radius 1 is 0.838 bits per heavy atom. The molecular weight excluding hydrogens is 546 g/mol. The molecule has 204 valence electrons. The summed E-state index contributed by atoms with van der Waals surface area (Å²) in [5.41, 5.74) is -2.79. The van der Waals surface area contributed by atoms with E-state index in [-0.39, 0.29) is 12.8 Å². The molecule has 0 amide bonds. The monoisotopic (exact) mass is 570 g/mol. The largest absolute Gasteiger partial charge is 0.417 e. The summed E-state index contributed by atoms with van der Waals surface area (Å²) in [7, 11) is -9.63. The highest BCUT2D eigenvalue weighted by molar-refractivity contribution is 7.89. The molecule has 6 nitrogen and oxygen atoms in total. The van der Waals surface area contributed by atoms with Crippen LogP contribution in [-0.4, -0.2) is 39.8 Å². The second kappa shape index (κ2) is 10.8. The Balaban J connectivity index is 2.05. The van der Waals surface area contributed by atoms with Gasteiger partial charge in [-0.3, -0.25) is 0 Å². The van der Waals surface area contributed by atoms with Crippen LogP contribution >= 0.6 is 0 Å². The maximum atomic E-state index is 13.6. The average molecular weight is 571 g/mol. The van der Waals surface area contributed by atoms with E-state index in [9.17, 15) is 43.2 Å². The van der Waals surface area contributed by atoms with Crippen LogP contribution in [0.1, 0.15) is 36.8 Å². The Kier molecular flexibility index (Phi) is 8.47. The van der Waals surface area contributed by atoms with Crippen LogP contribution in [-0.2, 0) is 32.4 Å². The minimum Gasteiger partial charge on any atom is -0.207 e. The van der Waals surface area contributed by atoms with Gasteiger partial charge in [0.15, 0.2) is 0 Å². The molecule has 0 heterocycles. The number of sulfonamides is 2. The van der Waals surface area contributed by atoms with E-state index in [1.54, 1.807) is 0 Å². The Labute approximate surface area is 211 Å². The van der Waals surface area contributed by atoms with Crippen molar-refractivity contribution >= 4 is 20.0 Å². The average Bonchev–Trinajstić information content (AvgIpc) is 2.82. The first-order valence-electron chi connectivity index (χ1n) is 11.1. The second-order valence-corrected chi connectivity index (χ2v) is 12.0. The predicted octanol–water partition coefficient (Wildman–Crippen LogP) is 5.19. The first kappa shape index (κ1) is 29.1. The third-order valence-electron chi connectivity index (χ3n) is 5.98. The first-order chi connectivity index (χ1) is 17.1. The Hall–Kier alpha value is -2.42. The quantitative estimate of drug-likeness (QED) is 0.350. The lowest BCUT2D eigenvalue weighted by Crippen LogP contribution is -2.55. The maximum absolute atomic E-state index is 13.6. The van der Waals surface area contributed by atoms with Crippen molar-refractivity contribution in [2.45, 2.75) is 59.9 Å². The van der Waals surface area contributed by atoms with Crippen molar-refractivity contribution < 1.29 is 43.2 Å². The van der Waals surface area contributed by atoms with Gasteiger partial charge in [0.2, 0.25) is 20.0 Å². The van der Waals surface area contributed by atoms with Crippen LogP contribution < -0.4 is 4.72 Å². The molecule has 0 radical (unpaired) electrons. The van der Waals surface area contributed by atoms with E-state index in [0.29, 0.717) is 25.0 Å². The van der Waals surface area contributed by atoms with Crippen LogP contribution in [0.15, 0.2) is 71.0 Å². The van der Waals surface area contributed by atoms with Crippen molar-refractivity contribution in [1.29, 1.82) is 0 Å². The van der Waals surface area contributed by atoms with Crippen LogP contribution in [0.4, 0.5) is 26.3 Å². The predicted molar refractivity (Wildman–Crippen MR) is 123 cm³/mol. The van der Waals surface area contributed by atoms with Crippen LogP contribution in [0, 0.1) is 0 Å². The van der Waals surface area contributed by atoms with Gasteiger partial charge in [0.05, 0.1) is 20.9 Å². The highest BCUT2D eigenvalue weighted by Crippen LogP contribution is 2.38. The summed E-state index contributed by atoms with van der Waals surface area (Å²) in [6.45, 7) is 3.02. The molecule has 1 aliphatic carbocycles. The van der Waals surface area contributed by atoms with Crippen molar-refractivity contribution in [3.05, 3.63) is 72.3 Å². The van der Waals surface area contributed by atoms with Gasteiger partial charge in [0.1, 0.15) is 0 Å². The number of nitrogens with one attached hydrogen (secondary N) is 1. The lowest BCUT2D eigenvalue weighted by molar-refractivity contribution is -0.140. The Bertz CT molecular complexity index is 1340. The molecule has 0 saturated heterocycles. The first-order valence-corrected chi connectivity index (χ1v) is 14.0. The van der Waals surface area contributed by atoms with Crippen molar-refractivity contribution in [1.82, 2.24) is 9.03 Å². The third-order valence-corrected chi connectivity index (χ3v) is 9.47. The van der Waals surface area contributed by atoms with Gasteiger partial charge in [-0.2, -0.15) is 30.6 Å². The number of nitrogens with zero attached hydrogens (tertiary/aromatic N) is 1. The van der Waals surface area contributed by atoms with Crippen LogP contribution in [0.5, 0.6) is 0 Å². The summed E-state index contributed by atoms with van der Waals surface area (Å²) < 4.78 is 137. The fourth-order valence-electron chi connectivity index (χ4n) is 4.38. The summed E-state index contributed by atoms with van der Waals surface area (Å²) in [5, 5.41) is 0. The van der Waals surface area contributed by atoms with Crippen LogP contribution in [0.25, 0.3) is 0 Å². The van der Waals surface area contributed by atoms with Gasteiger partial charge in [-0.25, -0.2) is 21.6 Å². The van der Waals surface area contributed by atoms with Gasteiger partial charge in [-0.05, 0) is 37.1 Å². The molecule has 0 aliphatic heterocycles. The number of benzene rings is 2. The number of alkyl halides is 6. The molecule has 1 saturated carbocycles. The molecule has 2 atom stereocenters. The van der Waals surface area contributed by atoms with E-state index in [2.05, 4.69) is 11.3 Å². The molecule has 2 aromatic rings. The highest BCUT2D eigenvalue weighted by Gasteiger charge is 2.44. The highest BCUT2D eigenvalue weighted by atomic mass is 32.2.